The molecule has 0 saturated carbocycles. The van der Waals surface area contributed by atoms with E-state index < -0.39 is 0 Å². The molecule has 0 unspecified atom stereocenters. The fourth-order valence-corrected chi connectivity index (χ4v) is 7.36. The van der Waals surface area contributed by atoms with Gasteiger partial charge in [0.25, 0.3) is 0 Å². The van der Waals surface area contributed by atoms with Gasteiger partial charge in [-0.3, -0.25) is 0 Å². The van der Waals surface area contributed by atoms with Crippen LogP contribution in [0.1, 0.15) is 53.6 Å². The molecule has 0 radical (unpaired) electrons. The Balaban J connectivity index is 1.28. The molecule has 2 aliphatic rings. The Morgan fingerprint density at radius 2 is 1.30 bits per heavy atom. The van der Waals surface area contributed by atoms with Crippen LogP contribution < -0.4 is 4.90 Å². The third-order valence-electron chi connectivity index (χ3n) is 9.59. The molecule has 2 aliphatic carbocycles. The molecule has 0 N–H and O–H groups in total. The first-order valence-electron chi connectivity index (χ1n) is 15.4. The summed E-state index contributed by atoms with van der Waals surface area (Å²) in [6, 6.07) is 47.4. The Kier molecular flexibility index (Phi) is 5.91. The van der Waals surface area contributed by atoms with Crippen molar-refractivity contribution in [1.82, 2.24) is 0 Å². The van der Waals surface area contributed by atoms with Crippen molar-refractivity contribution < 1.29 is 0 Å². The highest BCUT2D eigenvalue weighted by atomic mass is 15.1. The molecule has 0 saturated heterocycles. The van der Waals surface area contributed by atoms with Gasteiger partial charge in [0.05, 0.1) is 5.69 Å². The molecular weight excluding hydrogens is 518 g/mol. The van der Waals surface area contributed by atoms with Gasteiger partial charge in [-0.05, 0) is 100 Å². The molecule has 0 aliphatic heterocycles. The molecule has 1 heteroatoms. The van der Waals surface area contributed by atoms with Crippen LogP contribution in [0.5, 0.6) is 0 Å². The summed E-state index contributed by atoms with van der Waals surface area (Å²) in [5.74, 6) is 0. The highest BCUT2D eigenvalue weighted by Crippen LogP contribution is 2.51. The second kappa shape index (κ2) is 9.85. The zero-order chi connectivity index (χ0) is 29.1. The fraction of sp³-hybridized carbons (Fsp3) is 0.143. The second-order valence-electron chi connectivity index (χ2n) is 12.6. The van der Waals surface area contributed by atoms with Crippen LogP contribution in [0.4, 0.5) is 17.1 Å². The highest BCUT2D eigenvalue weighted by molar-refractivity contribution is 5.99. The van der Waals surface area contributed by atoms with E-state index in [2.05, 4.69) is 159 Å². The number of nitrogens with zero attached hydrogens (tertiary/aromatic N) is 1. The quantitative estimate of drug-likeness (QED) is 0.210. The molecule has 1 nitrogen and oxygen atoms in total. The van der Waals surface area contributed by atoms with Gasteiger partial charge in [-0.25, -0.2) is 0 Å². The summed E-state index contributed by atoms with van der Waals surface area (Å²) in [6.07, 6.45) is 4.61. The minimum atomic E-state index is -0.0676. The van der Waals surface area contributed by atoms with E-state index in [4.69, 9.17) is 0 Å². The second-order valence-corrected chi connectivity index (χ2v) is 12.6. The standard InChI is InChI=1S/C42H35N/c1-28-18-24-37-38-25-23-33(27-40(38)42(2,3)39(37)26-28)43(41-17-9-13-30-11-5-7-15-36(30)41)32-21-19-31(20-22-32)35-16-8-12-29-10-4-6-14-34(29)35/h4-7,9-11,13-27H,8,12H2,1-3H3. The van der Waals surface area contributed by atoms with Gasteiger partial charge < -0.3 is 4.90 Å². The zero-order valence-corrected chi connectivity index (χ0v) is 25.1. The van der Waals surface area contributed by atoms with Gasteiger partial charge in [0, 0.05) is 22.2 Å². The van der Waals surface area contributed by atoms with Crippen molar-refractivity contribution in [2.45, 2.75) is 39.0 Å². The summed E-state index contributed by atoms with van der Waals surface area (Å²) in [7, 11) is 0. The summed E-state index contributed by atoms with van der Waals surface area (Å²) in [6.45, 7) is 6.93. The van der Waals surface area contributed by atoms with Crippen LogP contribution in [-0.2, 0) is 11.8 Å². The van der Waals surface area contributed by atoms with E-state index in [0.717, 1.165) is 18.5 Å². The lowest BCUT2D eigenvalue weighted by molar-refractivity contribution is 0.660. The summed E-state index contributed by atoms with van der Waals surface area (Å²) >= 11 is 0. The van der Waals surface area contributed by atoms with E-state index in [1.165, 1.54) is 72.2 Å². The number of hydrogen-bond donors (Lipinski definition) is 0. The molecule has 0 atom stereocenters. The molecule has 6 aromatic rings. The van der Waals surface area contributed by atoms with Gasteiger partial charge in [-0.15, -0.1) is 0 Å². The minimum Gasteiger partial charge on any atom is -0.310 e. The van der Waals surface area contributed by atoms with E-state index in [0.29, 0.717) is 0 Å². The van der Waals surface area contributed by atoms with E-state index in [9.17, 15) is 0 Å². The maximum Gasteiger partial charge on any atom is 0.0540 e. The van der Waals surface area contributed by atoms with Gasteiger partial charge in [-0.2, -0.15) is 0 Å². The van der Waals surface area contributed by atoms with Crippen LogP contribution in [-0.4, -0.2) is 0 Å². The number of hydrogen-bond acceptors (Lipinski definition) is 1. The maximum absolute atomic E-state index is 2.44. The molecule has 0 heterocycles. The molecule has 0 spiro atoms. The lowest BCUT2D eigenvalue weighted by atomic mass is 9.82. The van der Waals surface area contributed by atoms with E-state index in [-0.39, 0.29) is 5.41 Å². The van der Waals surface area contributed by atoms with Crippen molar-refractivity contribution >= 4 is 33.4 Å². The van der Waals surface area contributed by atoms with E-state index in [1.807, 2.05) is 0 Å². The molecule has 0 amide bonds. The molecule has 0 bridgehead atoms. The van der Waals surface area contributed by atoms with Crippen LogP contribution >= 0.6 is 0 Å². The Morgan fingerprint density at radius 3 is 2.16 bits per heavy atom. The number of benzene rings is 6. The number of anilines is 3. The van der Waals surface area contributed by atoms with Crippen molar-refractivity contribution in [2.24, 2.45) is 0 Å². The highest BCUT2D eigenvalue weighted by Gasteiger charge is 2.36. The molecule has 8 rings (SSSR count). The summed E-state index contributed by atoms with van der Waals surface area (Å²) in [5, 5.41) is 2.49. The number of rotatable bonds is 4. The smallest absolute Gasteiger partial charge is 0.0540 e. The predicted molar refractivity (Wildman–Crippen MR) is 183 cm³/mol. The van der Waals surface area contributed by atoms with Crippen molar-refractivity contribution in [1.29, 1.82) is 0 Å². The van der Waals surface area contributed by atoms with Crippen molar-refractivity contribution in [3.05, 3.63) is 167 Å². The lowest BCUT2D eigenvalue weighted by Gasteiger charge is -2.29. The SMILES string of the molecule is Cc1ccc2c(c1)C(C)(C)c1cc(N(c3ccc(C4=CCCc5ccccc54)cc3)c3cccc4ccccc34)ccc1-2. The van der Waals surface area contributed by atoms with Crippen LogP contribution in [0.2, 0.25) is 0 Å². The topological polar surface area (TPSA) is 3.24 Å². The monoisotopic (exact) mass is 553 g/mol. The van der Waals surface area contributed by atoms with Gasteiger partial charge in [0.1, 0.15) is 0 Å². The first-order valence-corrected chi connectivity index (χ1v) is 15.4. The Hall–Kier alpha value is -4.88. The van der Waals surface area contributed by atoms with E-state index in [1.54, 1.807) is 0 Å². The minimum absolute atomic E-state index is 0.0676. The average molecular weight is 554 g/mol. The van der Waals surface area contributed by atoms with E-state index >= 15 is 0 Å². The number of aryl methyl sites for hydroxylation is 2. The summed E-state index contributed by atoms with van der Waals surface area (Å²) in [5.41, 5.74) is 15.7. The number of fused-ring (bicyclic) bond motifs is 5. The van der Waals surface area contributed by atoms with Crippen molar-refractivity contribution in [2.75, 3.05) is 4.90 Å². The first kappa shape index (κ1) is 25.8. The van der Waals surface area contributed by atoms with Crippen molar-refractivity contribution in [3.63, 3.8) is 0 Å². The number of allylic oxidation sites excluding steroid dienone is 1. The predicted octanol–water partition coefficient (Wildman–Crippen LogP) is 11.3. The zero-order valence-electron chi connectivity index (χ0n) is 25.1. The molecular formula is C42H35N. The third kappa shape index (κ3) is 4.14. The van der Waals surface area contributed by atoms with Gasteiger partial charge >= 0.3 is 0 Å². The molecule has 43 heavy (non-hydrogen) atoms. The van der Waals surface area contributed by atoms with Gasteiger partial charge in [0.2, 0.25) is 0 Å². The maximum atomic E-state index is 2.44. The largest absolute Gasteiger partial charge is 0.310 e. The molecule has 0 fully saturated rings. The Bertz CT molecular complexity index is 2050. The molecule has 0 aromatic heterocycles. The van der Waals surface area contributed by atoms with Gasteiger partial charge in [0.15, 0.2) is 0 Å². The summed E-state index contributed by atoms with van der Waals surface area (Å²) < 4.78 is 0. The third-order valence-corrected chi connectivity index (χ3v) is 9.59. The van der Waals surface area contributed by atoms with Crippen LogP contribution in [0.3, 0.4) is 0 Å². The van der Waals surface area contributed by atoms with Gasteiger partial charge in [-0.1, -0.05) is 123 Å². The molecule has 208 valence electrons. The Labute approximate surface area is 254 Å². The van der Waals surface area contributed by atoms with Crippen LogP contribution in [0.25, 0.3) is 27.5 Å². The Morgan fingerprint density at radius 1 is 0.605 bits per heavy atom. The normalized spacial score (nSPS) is 14.5. The average Bonchev–Trinajstić information content (AvgIpc) is 3.26. The van der Waals surface area contributed by atoms with Crippen LogP contribution in [0, 0.1) is 6.92 Å². The first-order chi connectivity index (χ1) is 21.0. The molecule has 6 aromatic carbocycles. The van der Waals surface area contributed by atoms with Crippen LogP contribution in [0.15, 0.2) is 133 Å². The fourth-order valence-electron chi connectivity index (χ4n) is 7.36. The van der Waals surface area contributed by atoms with Crippen molar-refractivity contribution in [3.8, 4) is 11.1 Å². The summed E-state index contributed by atoms with van der Waals surface area (Å²) in [4.78, 5) is 2.44. The lowest BCUT2D eigenvalue weighted by Crippen LogP contribution is -2.17.